The molecule has 0 atom stereocenters. The Labute approximate surface area is 139 Å². The summed E-state index contributed by atoms with van der Waals surface area (Å²) in [5.74, 6) is -0.217. The van der Waals surface area contributed by atoms with E-state index in [4.69, 9.17) is 14.0 Å². The maximum Gasteiger partial charge on any atom is 0.494 e. The summed E-state index contributed by atoms with van der Waals surface area (Å²) in [6, 6.07) is 7.95. The highest BCUT2D eigenvalue weighted by molar-refractivity contribution is 6.62. The van der Waals surface area contributed by atoms with Crippen molar-refractivity contribution in [2.24, 2.45) is 0 Å². The van der Waals surface area contributed by atoms with Gasteiger partial charge in [-0.2, -0.15) is 0 Å². The van der Waals surface area contributed by atoms with Crippen LogP contribution in [0.2, 0.25) is 0 Å². The summed E-state index contributed by atoms with van der Waals surface area (Å²) in [5, 5.41) is 0. The molecule has 1 saturated heterocycles. The summed E-state index contributed by atoms with van der Waals surface area (Å²) in [6.45, 7) is 10.4. The second kappa shape index (κ2) is 6.89. The number of benzene rings is 1. The predicted octanol–water partition coefficient (Wildman–Crippen LogP) is 2.95. The van der Waals surface area contributed by atoms with Gasteiger partial charge >= 0.3 is 13.1 Å². The fourth-order valence-electron chi connectivity index (χ4n) is 2.30. The molecule has 1 aromatic carbocycles. The van der Waals surface area contributed by atoms with Crippen molar-refractivity contribution >= 4 is 24.6 Å². The van der Waals surface area contributed by atoms with Gasteiger partial charge in [-0.25, -0.2) is 0 Å². The Morgan fingerprint density at radius 3 is 2.48 bits per heavy atom. The summed E-state index contributed by atoms with van der Waals surface area (Å²) in [5.41, 5.74) is 1.27. The molecule has 2 rings (SSSR count). The van der Waals surface area contributed by atoms with Crippen LogP contribution in [0, 0.1) is 0 Å². The van der Waals surface area contributed by atoms with Gasteiger partial charge in [0.1, 0.15) is 0 Å². The number of hydrogen-bond donors (Lipinski definition) is 0. The number of hydrogen-bond acceptors (Lipinski definition) is 4. The molecule has 0 unspecified atom stereocenters. The minimum atomic E-state index is -0.376. The topological polar surface area (TPSA) is 44.8 Å². The van der Waals surface area contributed by atoms with E-state index in [1.165, 1.54) is 0 Å². The van der Waals surface area contributed by atoms with Crippen molar-refractivity contribution in [1.82, 2.24) is 0 Å². The third kappa shape index (κ3) is 4.24. The minimum absolute atomic E-state index is 0.217. The highest BCUT2D eigenvalue weighted by Gasteiger charge is 2.51. The Kier molecular flexibility index (Phi) is 5.32. The van der Waals surface area contributed by atoms with Crippen LogP contribution < -0.4 is 5.46 Å². The first kappa shape index (κ1) is 17.8. The van der Waals surface area contributed by atoms with E-state index < -0.39 is 0 Å². The Morgan fingerprint density at radius 2 is 1.87 bits per heavy atom. The smallest absolute Gasteiger partial charge is 0.466 e. The van der Waals surface area contributed by atoms with Crippen LogP contribution in [0.1, 0.15) is 46.6 Å². The maximum atomic E-state index is 11.3. The highest BCUT2D eigenvalue weighted by atomic mass is 16.7. The van der Waals surface area contributed by atoms with E-state index in [1.807, 2.05) is 58.0 Å². The van der Waals surface area contributed by atoms with E-state index in [0.717, 1.165) is 11.0 Å². The fraction of sp³-hybridized carbons (Fsp3) is 0.500. The van der Waals surface area contributed by atoms with Crippen LogP contribution in [-0.2, 0) is 18.8 Å². The Balaban J connectivity index is 2.06. The van der Waals surface area contributed by atoms with Gasteiger partial charge in [0.05, 0.1) is 24.2 Å². The third-order valence-corrected chi connectivity index (χ3v) is 4.34. The molecule has 0 bridgehead atoms. The molecule has 0 radical (unpaired) electrons. The number of esters is 1. The van der Waals surface area contributed by atoms with Crippen LogP contribution in [0.3, 0.4) is 0 Å². The average Bonchev–Trinajstić information content (AvgIpc) is 2.68. The van der Waals surface area contributed by atoms with Crippen molar-refractivity contribution in [2.45, 2.75) is 52.2 Å². The summed E-state index contributed by atoms with van der Waals surface area (Å²) in [6.07, 6.45) is 3.99. The van der Waals surface area contributed by atoms with Crippen LogP contribution in [0.25, 0.3) is 6.08 Å². The summed E-state index contributed by atoms with van der Waals surface area (Å²) >= 11 is 0. The first-order valence-electron chi connectivity index (χ1n) is 8.03. The van der Waals surface area contributed by atoms with E-state index in [1.54, 1.807) is 13.0 Å². The highest BCUT2D eigenvalue weighted by Crippen LogP contribution is 2.36. The van der Waals surface area contributed by atoms with Gasteiger partial charge < -0.3 is 14.0 Å². The molecule has 4 nitrogen and oxygen atoms in total. The first-order chi connectivity index (χ1) is 10.7. The zero-order chi connectivity index (χ0) is 17.1. The minimum Gasteiger partial charge on any atom is -0.466 e. The molecule has 1 fully saturated rings. The summed E-state index contributed by atoms with van der Waals surface area (Å²) in [7, 11) is -0.376. The van der Waals surface area contributed by atoms with E-state index in [0.29, 0.717) is 6.61 Å². The molecule has 0 aromatic heterocycles. The molecule has 23 heavy (non-hydrogen) atoms. The third-order valence-electron chi connectivity index (χ3n) is 4.34. The largest absolute Gasteiger partial charge is 0.494 e. The molecule has 1 heterocycles. The molecule has 1 aromatic rings. The number of rotatable bonds is 5. The average molecular weight is 316 g/mol. The van der Waals surface area contributed by atoms with Gasteiger partial charge in [-0.3, -0.25) is 4.79 Å². The van der Waals surface area contributed by atoms with Crippen LogP contribution in [0.4, 0.5) is 0 Å². The number of ether oxygens (including phenoxy) is 1. The van der Waals surface area contributed by atoms with Crippen LogP contribution >= 0.6 is 0 Å². The molecule has 0 N–H and O–H groups in total. The number of carbonyl (C=O) groups is 1. The van der Waals surface area contributed by atoms with Gasteiger partial charge in [0.25, 0.3) is 0 Å². The van der Waals surface area contributed by atoms with Gasteiger partial charge in [0, 0.05) is 0 Å². The van der Waals surface area contributed by atoms with E-state index in [-0.39, 0.29) is 30.7 Å². The van der Waals surface area contributed by atoms with Crippen LogP contribution in [-0.4, -0.2) is 30.9 Å². The SMILES string of the molecule is CCOC(=O)CC=Cc1cccc(B2OC(C)(C)C(C)(C)O2)c1. The monoisotopic (exact) mass is 316 g/mol. The van der Waals surface area contributed by atoms with Crippen molar-refractivity contribution in [2.75, 3.05) is 6.61 Å². The zero-order valence-corrected chi connectivity index (χ0v) is 14.6. The van der Waals surface area contributed by atoms with Gasteiger partial charge in [0.2, 0.25) is 0 Å². The predicted molar refractivity (Wildman–Crippen MR) is 92.4 cm³/mol. The molecule has 0 spiro atoms. The zero-order valence-electron chi connectivity index (χ0n) is 14.6. The van der Waals surface area contributed by atoms with Crippen molar-refractivity contribution < 1.29 is 18.8 Å². The molecule has 1 aliphatic heterocycles. The molecule has 124 valence electrons. The van der Waals surface area contributed by atoms with Gasteiger partial charge in [-0.15, -0.1) is 0 Å². The molecule has 1 aliphatic rings. The van der Waals surface area contributed by atoms with Gasteiger partial charge in [0.15, 0.2) is 0 Å². The van der Waals surface area contributed by atoms with Gasteiger partial charge in [-0.05, 0) is 45.6 Å². The Bertz CT molecular complexity index is 576. The first-order valence-corrected chi connectivity index (χ1v) is 8.03. The standard InChI is InChI=1S/C18H25BO4/c1-6-21-16(20)12-8-10-14-9-7-11-15(13-14)19-22-17(2,3)18(4,5)23-19/h7-11,13H,6,12H2,1-5H3. The lowest BCUT2D eigenvalue weighted by Gasteiger charge is -2.32. The fourth-order valence-corrected chi connectivity index (χ4v) is 2.30. The molecule has 0 amide bonds. The lowest BCUT2D eigenvalue weighted by Crippen LogP contribution is -2.41. The van der Waals surface area contributed by atoms with E-state index in [9.17, 15) is 4.79 Å². The second-order valence-electron chi connectivity index (χ2n) is 6.67. The molecular formula is C18H25BO4. The van der Waals surface area contributed by atoms with Crippen molar-refractivity contribution in [1.29, 1.82) is 0 Å². The van der Waals surface area contributed by atoms with Gasteiger partial charge in [-0.1, -0.05) is 36.4 Å². The normalized spacial score (nSPS) is 19.3. The van der Waals surface area contributed by atoms with Crippen molar-refractivity contribution in [3.63, 3.8) is 0 Å². The van der Waals surface area contributed by atoms with Crippen molar-refractivity contribution in [3.8, 4) is 0 Å². The Hall–Kier alpha value is -1.59. The van der Waals surface area contributed by atoms with E-state index >= 15 is 0 Å². The quantitative estimate of drug-likeness (QED) is 0.619. The van der Waals surface area contributed by atoms with Crippen molar-refractivity contribution in [3.05, 3.63) is 35.9 Å². The lowest BCUT2D eigenvalue weighted by molar-refractivity contribution is -0.142. The van der Waals surface area contributed by atoms with Crippen LogP contribution in [0.15, 0.2) is 30.3 Å². The second-order valence-corrected chi connectivity index (χ2v) is 6.67. The summed E-state index contributed by atoms with van der Waals surface area (Å²) < 4.78 is 17.0. The van der Waals surface area contributed by atoms with E-state index in [2.05, 4.69) is 0 Å². The van der Waals surface area contributed by atoms with Crippen LogP contribution in [0.5, 0.6) is 0 Å². The molecule has 5 heteroatoms. The molecule has 0 saturated carbocycles. The number of carbonyl (C=O) groups excluding carboxylic acids is 1. The maximum absolute atomic E-state index is 11.3. The summed E-state index contributed by atoms with van der Waals surface area (Å²) in [4.78, 5) is 11.3. The molecular weight excluding hydrogens is 291 g/mol. The Morgan fingerprint density at radius 1 is 1.22 bits per heavy atom. The lowest BCUT2D eigenvalue weighted by atomic mass is 9.78. The molecule has 0 aliphatic carbocycles.